The maximum Gasteiger partial charge on any atom is 0.332 e. The van der Waals surface area contributed by atoms with Gasteiger partial charge < -0.3 is 0 Å². The van der Waals surface area contributed by atoms with E-state index in [-0.39, 0.29) is 15.9 Å². The largest absolute Gasteiger partial charge is 0.332 e. The summed E-state index contributed by atoms with van der Waals surface area (Å²) in [4.78, 5) is 27.0. The van der Waals surface area contributed by atoms with E-state index in [0.29, 0.717) is 0 Å². The van der Waals surface area contributed by atoms with E-state index < -0.39 is 21.3 Å². The molecule has 96 valence electrons. The van der Waals surface area contributed by atoms with Gasteiger partial charge in [-0.3, -0.25) is 13.9 Å². The van der Waals surface area contributed by atoms with Gasteiger partial charge in [-0.2, -0.15) is 0 Å². The van der Waals surface area contributed by atoms with E-state index in [1.165, 1.54) is 14.1 Å². The molecule has 2 aromatic heterocycles. The molecule has 0 spiro atoms. The maximum absolute atomic E-state index is 11.9. The summed E-state index contributed by atoms with van der Waals surface area (Å²) in [5.41, 5.74) is -1.05. The molecule has 9 heteroatoms. The molecule has 2 heterocycles. The quantitative estimate of drug-likeness (QED) is 0.661. The number of primary sulfonamides is 1. The Labute approximate surface area is 101 Å². The Bertz CT molecular complexity index is 862. The van der Waals surface area contributed by atoms with Crippen LogP contribution in [0.15, 0.2) is 26.7 Å². The Morgan fingerprint density at radius 3 is 2.39 bits per heavy atom. The highest BCUT2D eigenvalue weighted by Crippen LogP contribution is 2.10. The summed E-state index contributed by atoms with van der Waals surface area (Å²) in [5.74, 6) is 0. The summed E-state index contributed by atoms with van der Waals surface area (Å²) in [6.45, 7) is 0. The third-order valence-electron chi connectivity index (χ3n) is 2.60. The first kappa shape index (κ1) is 12.5. The van der Waals surface area contributed by atoms with Crippen molar-refractivity contribution in [2.24, 2.45) is 19.2 Å². The minimum absolute atomic E-state index is 0.0196. The highest BCUT2D eigenvalue weighted by atomic mass is 32.2. The van der Waals surface area contributed by atoms with Crippen LogP contribution >= 0.6 is 0 Å². The third-order valence-corrected chi connectivity index (χ3v) is 3.48. The number of sulfonamides is 1. The summed E-state index contributed by atoms with van der Waals surface area (Å²) >= 11 is 0. The molecule has 0 amide bonds. The van der Waals surface area contributed by atoms with Gasteiger partial charge in [0.2, 0.25) is 10.0 Å². The Balaban J connectivity index is 3.05. The van der Waals surface area contributed by atoms with Crippen molar-refractivity contribution in [3.8, 4) is 0 Å². The second-order valence-corrected chi connectivity index (χ2v) is 5.35. The number of pyridine rings is 1. The van der Waals surface area contributed by atoms with Gasteiger partial charge in [0.25, 0.3) is 5.56 Å². The number of aromatic nitrogens is 3. The highest BCUT2D eigenvalue weighted by molar-refractivity contribution is 7.89. The van der Waals surface area contributed by atoms with Crippen molar-refractivity contribution in [2.45, 2.75) is 4.90 Å². The fourth-order valence-corrected chi connectivity index (χ4v) is 2.08. The molecule has 2 aromatic rings. The van der Waals surface area contributed by atoms with Crippen LogP contribution in [0.2, 0.25) is 0 Å². The van der Waals surface area contributed by atoms with Gasteiger partial charge in [-0.25, -0.2) is 23.3 Å². The number of fused-ring (bicyclic) bond motifs is 1. The monoisotopic (exact) mass is 270 g/mol. The second-order valence-electron chi connectivity index (χ2n) is 3.79. The lowest BCUT2D eigenvalue weighted by Gasteiger charge is -2.07. The van der Waals surface area contributed by atoms with E-state index in [4.69, 9.17) is 5.14 Å². The Morgan fingerprint density at radius 1 is 1.22 bits per heavy atom. The number of aryl methyl sites for hydroxylation is 1. The number of hydrogen-bond donors (Lipinski definition) is 1. The van der Waals surface area contributed by atoms with Crippen molar-refractivity contribution >= 4 is 21.1 Å². The Morgan fingerprint density at radius 2 is 1.83 bits per heavy atom. The smallest absolute Gasteiger partial charge is 0.280 e. The Kier molecular flexibility index (Phi) is 2.60. The Hall–Kier alpha value is -2.00. The molecular formula is C9H10N4O4S. The van der Waals surface area contributed by atoms with E-state index in [9.17, 15) is 18.0 Å². The van der Waals surface area contributed by atoms with Crippen LogP contribution in [0.4, 0.5) is 0 Å². The summed E-state index contributed by atoms with van der Waals surface area (Å²) in [6, 6.07) is 1.11. The van der Waals surface area contributed by atoms with Crippen molar-refractivity contribution in [2.75, 3.05) is 0 Å². The van der Waals surface area contributed by atoms with Crippen LogP contribution in [0.1, 0.15) is 0 Å². The van der Waals surface area contributed by atoms with Crippen molar-refractivity contribution < 1.29 is 8.42 Å². The first-order chi connectivity index (χ1) is 8.23. The zero-order valence-electron chi connectivity index (χ0n) is 9.61. The molecule has 0 saturated carbocycles. The first-order valence-electron chi connectivity index (χ1n) is 4.82. The summed E-state index contributed by atoms with van der Waals surface area (Å²) in [7, 11) is -1.21. The molecule has 0 atom stereocenters. The summed E-state index contributed by atoms with van der Waals surface area (Å²) < 4.78 is 24.4. The lowest BCUT2D eigenvalue weighted by atomic mass is 10.3. The van der Waals surface area contributed by atoms with Crippen LogP contribution in [0.25, 0.3) is 11.0 Å². The van der Waals surface area contributed by atoms with Gasteiger partial charge >= 0.3 is 5.69 Å². The van der Waals surface area contributed by atoms with Gasteiger partial charge in [0.05, 0.1) is 5.39 Å². The van der Waals surface area contributed by atoms with E-state index in [1.54, 1.807) is 0 Å². The van der Waals surface area contributed by atoms with Gasteiger partial charge in [-0.15, -0.1) is 0 Å². The average molecular weight is 270 g/mol. The highest BCUT2D eigenvalue weighted by Gasteiger charge is 2.14. The molecule has 8 nitrogen and oxygen atoms in total. The van der Waals surface area contributed by atoms with Gasteiger partial charge in [-0.05, 0) is 6.07 Å². The van der Waals surface area contributed by atoms with Crippen molar-refractivity contribution in [3.05, 3.63) is 33.1 Å². The van der Waals surface area contributed by atoms with Crippen LogP contribution in [-0.2, 0) is 24.1 Å². The maximum atomic E-state index is 11.9. The van der Waals surface area contributed by atoms with Crippen LogP contribution in [0.3, 0.4) is 0 Å². The fourth-order valence-electron chi connectivity index (χ4n) is 1.60. The molecule has 0 radical (unpaired) electrons. The van der Waals surface area contributed by atoms with Gasteiger partial charge in [0, 0.05) is 20.3 Å². The minimum Gasteiger partial charge on any atom is -0.280 e. The lowest BCUT2D eigenvalue weighted by Crippen LogP contribution is -2.37. The van der Waals surface area contributed by atoms with E-state index in [0.717, 1.165) is 21.4 Å². The van der Waals surface area contributed by atoms with Crippen LogP contribution in [0, 0.1) is 0 Å². The van der Waals surface area contributed by atoms with Crippen LogP contribution in [0.5, 0.6) is 0 Å². The average Bonchev–Trinajstić information content (AvgIpc) is 2.32. The fraction of sp³-hybridized carbons (Fsp3) is 0.222. The van der Waals surface area contributed by atoms with Crippen LogP contribution in [-0.4, -0.2) is 22.5 Å². The van der Waals surface area contributed by atoms with Gasteiger partial charge in [0.15, 0.2) is 0 Å². The SMILES string of the molecule is Cn1c(=O)c2cc(S(N)(=O)=O)cnc2n(C)c1=O. The van der Waals surface area contributed by atoms with Crippen molar-refractivity contribution in [1.29, 1.82) is 0 Å². The number of nitrogens with zero attached hydrogens (tertiary/aromatic N) is 3. The molecule has 0 aliphatic heterocycles. The zero-order chi connectivity index (χ0) is 13.7. The molecule has 2 rings (SSSR count). The number of hydrogen-bond acceptors (Lipinski definition) is 5. The second kappa shape index (κ2) is 3.75. The van der Waals surface area contributed by atoms with Crippen molar-refractivity contribution in [3.63, 3.8) is 0 Å². The van der Waals surface area contributed by atoms with E-state index >= 15 is 0 Å². The van der Waals surface area contributed by atoms with E-state index in [2.05, 4.69) is 4.98 Å². The topological polar surface area (TPSA) is 117 Å². The number of nitrogens with two attached hydrogens (primary N) is 1. The van der Waals surface area contributed by atoms with Crippen LogP contribution < -0.4 is 16.4 Å². The summed E-state index contributed by atoms with van der Waals surface area (Å²) in [6.07, 6.45) is 1.01. The first-order valence-corrected chi connectivity index (χ1v) is 6.36. The van der Waals surface area contributed by atoms with Gasteiger partial charge in [0.1, 0.15) is 10.5 Å². The number of rotatable bonds is 1. The van der Waals surface area contributed by atoms with E-state index in [1.807, 2.05) is 0 Å². The molecule has 0 unspecified atom stereocenters. The van der Waals surface area contributed by atoms with Gasteiger partial charge in [-0.1, -0.05) is 0 Å². The molecule has 0 fully saturated rings. The molecule has 0 aromatic carbocycles. The molecule has 0 aliphatic carbocycles. The molecule has 0 aliphatic rings. The normalized spacial score (nSPS) is 11.9. The lowest BCUT2D eigenvalue weighted by molar-refractivity contribution is 0.597. The zero-order valence-corrected chi connectivity index (χ0v) is 10.4. The molecular weight excluding hydrogens is 260 g/mol. The molecule has 0 saturated heterocycles. The predicted octanol–water partition coefficient (Wildman–Crippen LogP) is -1.72. The van der Waals surface area contributed by atoms with Crippen molar-refractivity contribution in [1.82, 2.24) is 14.1 Å². The summed E-state index contributed by atoms with van der Waals surface area (Å²) in [5, 5.41) is 4.98. The predicted molar refractivity (Wildman–Crippen MR) is 63.6 cm³/mol. The minimum atomic E-state index is -3.94. The molecule has 18 heavy (non-hydrogen) atoms. The molecule has 2 N–H and O–H groups in total. The molecule has 0 bridgehead atoms. The third kappa shape index (κ3) is 1.73. The standard InChI is InChI=1S/C9H10N4O4S/c1-12-7-6(8(14)13(2)9(12)15)3-5(4-11-7)18(10,16)17/h3-4H,1-2H3,(H2,10,16,17).